The first-order valence-corrected chi connectivity index (χ1v) is 6.02. The maximum Gasteiger partial charge on any atom is 0.134 e. The van der Waals surface area contributed by atoms with Crippen LogP contribution in [-0.2, 0) is 0 Å². The summed E-state index contributed by atoms with van der Waals surface area (Å²) in [5, 5.41) is 2.66. The summed E-state index contributed by atoms with van der Waals surface area (Å²) in [6, 6.07) is 4.72. The van der Waals surface area contributed by atoms with Crippen LogP contribution in [0.5, 0.6) is 0 Å². The summed E-state index contributed by atoms with van der Waals surface area (Å²) < 4.78 is 54.7. The lowest BCUT2D eigenvalue weighted by atomic mass is 9.96. The van der Waals surface area contributed by atoms with Crippen molar-refractivity contribution in [2.45, 2.75) is 13.0 Å². The van der Waals surface area contributed by atoms with Gasteiger partial charge < -0.3 is 5.32 Å². The molecular weight excluding hydrogens is 270 g/mol. The summed E-state index contributed by atoms with van der Waals surface area (Å²) in [5.74, 6) is -3.66. The molecule has 0 bridgehead atoms. The van der Waals surface area contributed by atoms with Crippen LogP contribution in [0, 0.1) is 30.2 Å². The van der Waals surface area contributed by atoms with E-state index in [1.54, 1.807) is 19.1 Å². The van der Waals surface area contributed by atoms with Gasteiger partial charge in [0.2, 0.25) is 0 Å². The van der Waals surface area contributed by atoms with Crippen molar-refractivity contribution in [2.75, 3.05) is 7.05 Å². The van der Waals surface area contributed by atoms with Gasteiger partial charge in [-0.05, 0) is 19.5 Å². The lowest BCUT2D eigenvalue weighted by Gasteiger charge is -2.20. The Balaban J connectivity index is 2.62. The van der Waals surface area contributed by atoms with Crippen LogP contribution < -0.4 is 5.32 Å². The van der Waals surface area contributed by atoms with E-state index in [4.69, 9.17) is 0 Å². The molecule has 0 fully saturated rings. The molecule has 0 aliphatic rings. The Morgan fingerprint density at radius 3 is 2.15 bits per heavy atom. The molecule has 20 heavy (non-hydrogen) atoms. The molecule has 1 nitrogen and oxygen atoms in total. The van der Waals surface area contributed by atoms with Crippen LogP contribution in [0.1, 0.15) is 22.7 Å². The minimum absolute atomic E-state index is 0.108. The van der Waals surface area contributed by atoms with Crippen LogP contribution in [0.2, 0.25) is 0 Å². The van der Waals surface area contributed by atoms with E-state index in [2.05, 4.69) is 5.32 Å². The smallest absolute Gasteiger partial charge is 0.134 e. The Morgan fingerprint density at radius 2 is 1.60 bits per heavy atom. The Kier molecular flexibility index (Phi) is 4.09. The lowest BCUT2D eigenvalue weighted by Crippen LogP contribution is -2.22. The molecule has 0 aromatic heterocycles. The van der Waals surface area contributed by atoms with E-state index in [1.807, 2.05) is 0 Å². The van der Waals surface area contributed by atoms with Gasteiger partial charge in [-0.2, -0.15) is 0 Å². The second kappa shape index (κ2) is 5.63. The van der Waals surface area contributed by atoms with Crippen LogP contribution in [0.3, 0.4) is 0 Å². The van der Waals surface area contributed by atoms with Crippen molar-refractivity contribution in [1.82, 2.24) is 5.32 Å². The summed E-state index contributed by atoms with van der Waals surface area (Å²) in [7, 11) is 1.45. The summed E-state index contributed by atoms with van der Waals surface area (Å²) >= 11 is 0. The quantitative estimate of drug-likeness (QED) is 0.843. The second-order valence-corrected chi connectivity index (χ2v) is 4.48. The first kappa shape index (κ1) is 14.5. The normalized spacial score (nSPS) is 12.5. The average molecular weight is 283 g/mol. The molecule has 2 rings (SSSR count). The van der Waals surface area contributed by atoms with Crippen molar-refractivity contribution in [3.63, 3.8) is 0 Å². The highest BCUT2D eigenvalue weighted by Crippen LogP contribution is 2.29. The first-order chi connectivity index (χ1) is 9.45. The summed E-state index contributed by atoms with van der Waals surface area (Å²) in [4.78, 5) is 0. The highest BCUT2D eigenvalue weighted by Gasteiger charge is 2.24. The van der Waals surface area contributed by atoms with Gasteiger partial charge in [-0.1, -0.05) is 18.2 Å². The molecule has 0 radical (unpaired) electrons. The van der Waals surface area contributed by atoms with E-state index in [9.17, 15) is 17.6 Å². The number of nitrogens with one attached hydrogen (secondary N) is 1. The molecule has 1 unspecified atom stereocenters. The predicted molar refractivity (Wildman–Crippen MR) is 68.4 cm³/mol. The number of benzene rings is 2. The van der Waals surface area contributed by atoms with Gasteiger partial charge in [0.25, 0.3) is 0 Å². The summed E-state index contributed by atoms with van der Waals surface area (Å²) in [5.41, 5.74) is 0.0704. The number of hydrogen-bond donors (Lipinski definition) is 1. The zero-order valence-corrected chi connectivity index (χ0v) is 11.0. The van der Waals surface area contributed by atoms with E-state index in [-0.39, 0.29) is 5.56 Å². The molecular formula is C15H13F4N. The molecule has 1 N–H and O–H groups in total. The van der Waals surface area contributed by atoms with Gasteiger partial charge >= 0.3 is 0 Å². The maximum atomic E-state index is 14.1. The van der Waals surface area contributed by atoms with Gasteiger partial charge in [0.15, 0.2) is 0 Å². The molecule has 0 heterocycles. The number of aryl methyl sites for hydroxylation is 1. The van der Waals surface area contributed by atoms with E-state index in [1.165, 1.54) is 13.1 Å². The Labute approximate surface area is 114 Å². The largest absolute Gasteiger partial charge is 0.309 e. The minimum Gasteiger partial charge on any atom is -0.309 e. The molecule has 2 aromatic carbocycles. The third kappa shape index (κ3) is 2.54. The van der Waals surface area contributed by atoms with Gasteiger partial charge in [-0.15, -0.1) is 0 Å². The molecule has 0 aliphatic heterocycles. The molecule has 5 heteroatoms. The molecule has 0 spiro atoms. The summed E-state index contributed by atoms with van der Waals surface area (Å²) in [6.07, 6.45) is 0. The SMILES string of the molecule is CNC(c1cccc(C)c1F)c1c(F)cc(F)cc1F. The second-order valence-electron chi connectivity index (χ2n) is 4.48. The zero-order chi connectivity index (χ0) is 14.9. The van der Waals surface area contributed by atoms with E-state index in [0.717, 1.165) is 0 Å². The lowest BCUT2D eigenvalue weighted by molar-refractivity contribution is 0.490. The van der Waals surface area contributed by atoms with Gasteiger partial charge in [0.05, 0.1) is 6.04 Å². The minimum atomic E-state index is -1.05. The average Bonchev–Trinajstić information content (AvgIpc) is 2.37. The predicted octanol–water partition coefficient (Wildman–Crippen LogP) is 3.86. The van der Waals surface area contributed by atoms with Crippen molar-refractivity contribution in [3.8, 4) is 0 Å². The third-order valence-electron chi connectivity index (χ3n) is 3.15. The Morgan fingerprint density at radius 1 is 1.00 bits per heavy atom. The molecule has 2 aromatic rings. The maximum absolute atomic E-state index is 14.1. The summed E-state index contributed by atoms with van der Waals surface area (Å²) in [6.45, 7) is 1.56. The van der Waals surface area contributed by atoms with Crippen LogP contribution in [-0.4, -0.2) is 7.05 Å². The van der Waals surface area contributed by atoms with Crippen molar-refractivity contribution in [3.05, 3.63) is 70.3 Å². The molecule has 0 amide bonds. The fraction of sp³-hybridized carbons (Fsp3) is 0.200. The first-order valence-electron chi connectivity index (χ1n) is 6.02. The highest BCUT2D eigenvalue weighted by molar-refractivity contribution is 5.37. The van der Waals surface area contributed by atoms with Gasteiger partial charge in [0.1, 0.15) is 23.3 Å². The highest BCUT2D eigenvalue weighted by atomic mass is 19.1. The van der Waals surface area contributed by atoms with Crippen LogP contribution in [0.4, 0.5) is 17.6 Å². The van der Waals surface area contributed by atoms with Crippen molar-refractivity contribution in [2.24, 2.45) is 0 Å². The van der Waals surface area contributed by atoms with Crippen LogP contribution in [0.15, 0.2) is 30.3 Å². The van der Waals surface area contributed by atoms with Crippen molar-refractivity contribution < 1.29 is 17.6 Å². The Bertz CT molecular complexity index is 617. The fourth-order valence-corrected chi connectivity index (χ4v) is 2.18. The topological polar surface area (TPSA) is 12.0 Å². The van der Waals surface area contributed by atoms with Crippen LogP contribution in [0.25, 0.3) is 0 Å². The fourth-order valence-electron chi connectivity index (χ4n) is 2.18. The van der Waals surface area contributed by atoms with Gasteiger partial charge in [-0.3, -0.25) is 0 Å². The van der Waals surface area contributed by atoms with Gasteiger partial charge in [-0.25, -0.2) is 17.6 Å². The molecule has 0 saturated heterocycles. The van der Waals surface area contributed by atoms with Crippen molar-refractivity contribution in [1.29, 1.82) is 0 Å². The number of rotatable bonds is 3. The third-order valence-corrected chi connectivity index (χ3v) is 3.15. The van der Waals surface area contributed by atoms with E-state index in [0.29, 0.717) is 17.7 Å². The standard InChI is InChI=1S/C15H13F4N/c1-8-4-3-5-10(14(8)19)15(20-2)13-11(17)6-9(16)7-12(13)18/h3-7,15,20H,1-2H3. The molecule has 106 valence electrons. The number of hydrogen-bond acceptors (Lipinski definition) is 1. The van der Waals surface area contributed by atoms with Crippen LogP contribution >= 0.6 is 0 Å². The van der Waals surface area contributed by atoms with E-state index < -0.39 is 34.9 Å². The number of halogens is 4. The van der Waals surface area contributed by atoms with Gasteiger partial charge in [0, 0.05) is 23.3 Å². The van der Waals surface area contributed by atoms with Crippen molar-refractivity contribution >= 4 is 0 Å². The monoisotopic (exact) mass is 283 g/mol. The molecule has 0 aliphatic carbocycles. The zero-order valence-electron chi connectivity index (χ0n) is 11.0. The van der Waals surface area contributed by atoms with E-state index >= 15 is 0 Å². The molecule has 1 atom stereocenters. The Hall–Kier alpha value is -1.88. The molecule has 0 saturated carbocycles.